The lowest BCUT2D eigenvalue weighted by Crippen LogP contribution is -2.10. The lowest BCUT2D eigenvalue weighted by molar-refractivity contribution is -0.140. The van der Waals surface area contributed by atoms with E-state index in [1.807, 2.05) is 25.1 Å². The number of rotatable bonds is 3. The predicted molar refractivity (Wildman–Crippen MR) is 71.2 cm³/mol. The van der Waals surface area contributed by atoms with Crippen molar-refractivity contribution in [1.82, 2.24) is 0 Å². The van der Waals surface area contributed by atoms with Gasteiger partial charge >= 0.3 is 6.18 Å². The number of aliphatic hydroxyl groups excluding tert-OH is 1. The van der Waals surface area contributed by atoms with Crippen molar-refractivity contribution in [3.63, 3.8) is 0 Å². The van der Waals surface area contributed by atoms with Gasteiger partial charge in [0, 0.05) is 6.42 Å². The van der Waals surface area contributed by atoms with Gasteiger partial charge in [-0.25, -0.2) is 4.39 Å². The molecule has 0 spiro atoms. The van der Waals surface area contributed by atoms with E-state index in [-0.39, 0.29) is 12.0 Å². The summed E-state index contributed by atoms with van der Waals surface area (Å²) in [4.78, 5) is 0. The number of aryl methyl sites for hydroxylation is 1. The Hall–Kier alpha value is -1.88. The Labute approximate surface area is 119 Å². The van der Waals surface area contributed by atoms with Crippen molar-refractivity contribution in [2.45, 2.75) is 25.6 Å². The molecule has 5 heteroatoms. The molecule has 0 amide bonds. The van der Waals surface area contributed by atoms with Crippen LogP contribution in [0.25, 0.3) is 0 Å². The van der Waals surface area contributed by atoms with Gasteiger partial charge in [-0.1, -0.05) is 35.9 Å². The molecule has 1 nitrogen and oxygen atoms in total. The number of hydrogen-bond acceptors (Lipinski definition) is 1. The first-order chi connectivity index (χ1) is 9.77. The number of hydrogen-bond donors (Lipinski definition) is 1. The Morgan fingerprint density at radius 1 is 1.10 bits per heavy atom. The van der Waals surface area contributed by atoms with E-state index in [4.69, 9.17) is 0 Å². The summed E-state index contributed by atoms with van der Waals surface area (Å²) in [7, 11) is 0. The molecule has 0 saturated carbocycles. The number of benzene rings is 2. The van der Waals surface area contributed by atoms with Crippen molar-refractivity contribution >= 4 is 0 Å². The summed E-state index contributed by atoms with van der Waals surface area (Å²) in [6, 6.07) is 9.89. The van der Waals surface area contributed by atoms with Crippen LogP contribution in [-0.2, 0) is 12.6 Å². The summed E-state index contributed by atoms with van der Waals surface area (Å²) in [5.74, 6) is -1.34. The van der Waals surface area contributed by atoms with Crippen LogP contribution in [0.1, 0.15) is 28.4 Å². The van der Waals surface area contributed by atoms with Crippen molar-refractivity contribution in [2.24, 2.45) is 0 Å². The van der Waals surface area contributed by atoms with Gasteiger partial charge in [0.05, 0.1) is 11.7 Å². The molecule has 0 saturated heterocycles. The zero-order valence-electron chi connectivity index (χ0n) is 11.3. The van der Waals surface area contributed by atoms with Gasteiger partial charge in [-0.15, -0.1) is 0 Å². The molecule has 112 valence electrons. The minimum atomic E-state index is -4.77. The highest BCUT2D eigenvalue weighted by molar-refractivity contribution is 5.30. The summed E-state index contributed by atoms with van der Waals surface area (Å²) in [6.45, 7) is 1.88. The lowest BCUT2D eigenvalue weighted by atomic mass is 9.98. The summed E-state index contributed by atoms with van der Waals surface area (Å²) in [6.07, 6.45) is -5.72. The maximum atomic E-state index is 13.2. The zero-order chi connectivity index (χ0) is 15.6. The second kappa shape index (κ2) is 5.85. The van der Waals surface area contributed by atoms with Gasteiger partial charge in [-0.05, 0) is 30.2 Å². The molecular weight excluding hydrogens is 284 g/mol. The molecule has 0 aromatic heterocycles. The van der Waals surface area contributed by atoms with E-state index in [0.717, 1.165) is 17.2 Å². The first-order valence-electron chi connectivity index (χ1n) is 6.37. The van der Waals surface area contributed by atoms with Gasteiger partial charge in [-0.2, -0.15) is 13.2 Å². The maximum Gasteiger partial charge on any atom is 0.419 e. The topological polar surface area (TPSA) is 20.2 Å². The molecular formula is C16H14F4O. The number of alkyl halides is 3. The molecule has 2 aromatic carbocycles. The second-order valence-electron chi connectivity index (χ2n) is 4.95. The van der Waals surface area contributed by atoms with Crippen LogP contribution in [0.4, 0.5) is 17.6 Å². The van der Waals surface area contributed by atoms with E-state index in [9.17, 15) is 22.7 Å². The van der Waals surface area contributed by atoms with E-state index in [2.05, 4.69) is 0 Å². The third-order valence-electron chi connectivity index (χ3n) is 3.19. The van der Waals surface area contributed by atoms with Crippen LogP contribution in [0, 0.1) is 12.7 Å². The van der Waals surface area contributed by atoms with E-state index in [1.165, 1.54) is 6.07 Å². The van der Waals surface area contributed by atoms with Crippen molar-refractivity contribution in [3.8, 4) is 0 Å². The van der Waals surface area contributed by atoms with Crippen LogP contribution in [-0.4, -0.2) is 5.11 Å². The van der Waals surface area contributed by atoms with Gasteiger partial charge in [0.15, 0.2) is 0 Å². The molecule has 0 heterocycles. The fraction of sp³-hybridized carbons (Fsp3) is 0.250. The first kappa shape index (κ1) is 15.5. The summed E-state index contributed by atoms with van der Waals surface area (Å²) < 4.78 is 51.2. The quantitative estimate of drug-likeness (QED) is 0.831. The molecule has 21 heavy (non-hydrogen) atoms. The molecule has 2 aromatic rings. The summed E-state index contributed by atoms with van der Waals surface area (Å²) >= 11 is 0. The Kier molecular flexibility index (Phi) is 4.32. The Balaban J connectivity index is 2.25. The van der Waals surface area contributed by atoms with Crippen LogP contribution in [0.3, 0.4) is 0 Å². The van der Waals surface area contributed by atoms with Crippen LogP contribution in [0.5, 0.6) is 0 Å². The van der Waals surface area contributed by atoms with E-state index >= 15 is 0 Å². The van der Waals surface area contributed by atoms with Gasteiger partial charge < -0.3 is 5.11 Å². The molecule has 0 radical (unpaired) electrons. The fourth-order valence-electron chi connectivity index (χ4n) is 2.15. The van der Waals surface area contributed by atoms with E-state index in [0.29, 0.717) is 6.07 Å². The van der Waals surface area contributed by atoms with Gasteiger partial charge in [0.1, 0.15) is 5.82 Å². The number of aliphatic hydroxyl groups is 1. The highest BCUT2D eigenvalue weighted by Crippen LogP contribution is 2.33. The minimum absolute atomic E-state index is 0.0465. The summed E-state index contributed by atoms with van der Waals surface area (Å²) in [5.41, 5.74) is 0.490. The maximum absolute atomic E-state index is 13.2. The zero-order valence-corrected chi connectivity index (χ0v) is 11.3. The first-order valence-corrected chi connectivity index (χ1v) is 6.37. The monoisotopic (exact) mass is 298 g/mol. The smallest absolute Gasteiger partial charge is 0.388 e. The molecule has 0 aliphatic rings. The minimum Gasteiger partial charge on any atom is -0.388 e. The van der Waals surface area contributed by atoms with Crippen molar-refractivity contribution in [1.29, 1.82) is 0 Å². The molecule has 1 N–H and O–H groups in total. The molecule has 0 aliphatic heterocycles. The van der Waals surface area contributed by atoms with Crippen molar-refractivity contribution in [3.05, 3.63) is 70.5 Å². The van der Waals surface area contributed by atoms with Crippen LogP contribution in [0.2, 0.25) is 0 Å². The van der Waals surface area contributed by atoms with Gasteiger partial charge in [-0.3, -0.25) is 0 Å². The average Bonchev–Trinajstić information content (AvgIpc) is 2.37. The second-order valence-corrected chi connectivity index (χ2v) is 4.95. The fourth-order valence-corrected chi connectivity index (χ4v) is 2.15. The standard InChI is InChI=1S/C16H14F4O/c1-10-3-2-4-11(7-10)8-15(21)12-5-6-14(17)13(9-12)16(18,19)20/h2-7,9,15,21H,8H2,1H3. The van der Waals surface area contributed by atoms with Crippen LogP contribution in [0.15, 0.2) is 42.5 Å². The third kappa shape index (κ3) is 3.82. The van der Waals surface area contributed by atoms with Crippen molar-refractivity contribution < 1.29 is 22.7 Å². The van der Waals surface area contributed by atoms with Gasteiger partial charge in [0.25, 0.3) is 0 Å². The van der Waals surface area contributed by atoms with Crippen LogP contribution < -0.4 is 0 Å². The van der Waals surface area contributed by atoms with E-state index in [1.54, 1.807) is 6.07 Å². The lowest BCUT2D eigenvalue weighted by Gasteiger charge is -2.15. The molecule has 0 aliphatic carbocycles. The predicted octanol–water partition coefficient (Wildman–Crippen LogP) is 4.43. The molecule has 0 bridgehead atoms. The van der Waals surface area contributed by atoms with E-state index < -0.39 is 23.7 Å². The summed E-state index contributed by atoms with van der Waals surface area (Å²) in [5, 5.41) is 10.1. The number of halogens is 4. The Bertz CT molecular complexity index is 634. The van der Waals surface area contributed by atoms with Crippen LogP contribution >= 0.6 is 0 Å². The largest absolute Gasteiger partial charge is 0.419 e. The molecule has 1 atom stereocenters. The molecule has 2 rings (SSSR count). The SMILES string of the molecule is Cc1cccc(CC(O)c2ccc(F)c(C(F)(F)F)c2)c1. The normalized spacial score (nSPS) is 13.2. The average molecular weight is 298 g/mol. The highest BCUT2D eigenvalue weighted by atomic mass is 19.4. The Morgan fingerprint density at radius 2 is 1.81 bits per heavy atom. The van der Waals surface area contributed by atoms with Crippen molar-refractivity contribution in [2.75, 3.05) is 0 Å². The molecule has 0 fully saturated rings. The third-order valence-corrected chi connectivity index (χ3v) is 3.19. The molecule has 1 unspecified atom stereocenters. The highest BCUT2D eigenvalue weighted by Gasteiger charge is 2.34. The van der Waals surface area contributed by atoms with Gasteiger partial charge in [0.2, 0.25) is 0 Å². The Morgan fingerprint density at radius 3 is 2.43 bits per heavy atom.